The van der Waals surface area contributed by atoms with Gasteiger partial charge in [-0.1, -0.05) is 6.07 Å². The maximum atomic E-state index is 12.0. The van der Waals surface area contributed by atoms with Gasteiger partial charge in [0.1, 0.15) is 0 Å². The molecule has 0 aliphatic carbocycles. The van der Waals surface area contributed by atoms with Gasteiger partial charge in [-0.05, 0) is 25.1 Å². The molecule has 0 bridgehead atoms. The number of nitrogens with zero attached hydrogens (tertiary/aromatic N) is 2. The van der Waals surface area contributed by atoms with Crippen LogP contribution >= 0.6 is 0 Å². The molecule has 0 spiro atoms. The van der Waals surface area contributed by atoms with Crippen molar-refractivity contribution in [3.63, 3.8) is 0 Å². The molecule has 0 saturated carbocycles. The molecule has 0 radical (unpaired) electrons. The Kier molecular flexibility index (Phi) is 2.79. The number of carbonyl (C=O) groups excluding carboxylic acids is 4. The molecular weight excluding hydrogens is 272 g/mol. The smallest absolute Gasteiger partial charge is 0.261 e. The SMILES string of the molecule is CC1=CC(=O)N(c2cccc(N3C(=O)C=CC3=O)c2)C1=O. The average molecular weight is 282 g/mol. The second-order valence-corrected chi connectivity index (χ2v) is 4.67. The number of hydrogen-bond donors (Lipinski definition) is 0. The molecule has 1 aromatic carbocycles. The number of anilines is 2. The van der Waals surface area contributed by atoms with Crippen LogP contribution in [0.2, 0.25) is 0 Å². The standard InChI is InChI=1S/C15H10N2O4/c1-9-7-14(20)17(15(9)21)11-4-2-3-10(8-11)16-12(18)5-6-13(16)19/h2-8H,1H3. The zero-order valence-corrected chi connectivity index (χ0v) is 11.1. The van der Waals surface area contributed by atoms with Crippen LogP contribution < -0.4 is 9.80 Å². The van der Waals surface area contributed by atoms with Crippen molar-refractivity contribution >= 4 is 35.0 Å². The first-order valence-corrected chi connectivity index (χ1v) is 6.22. The molecule has 0 aromatic heterocycles. The Morgan fingerprint density at radius 2 is 1.38 bits per heavy atom. The summed E-state index contributed by atoms with van der Waals surface area (Å²) < 4.78 is 0. The van der Waals surface area contributed by atoms with Gasteiger partial charge in [0.2, 0.25) is 0 Å². The van der Waals surface area contributed by atoms with Crippen LogP contribution in [0, 0.1) is 0 Å². The Morgan fingerprint density at radius 3 is 1.90 bits per heavy atom. The van der Waals surface area contributed by atoms with Crippen molar-refractivity contribution in [2.75, 3.05) is 9.80 Å². The van der Waals surface area contributed by atoms with E-state index >= 15 is 0 Å². The number of carbonyl (C=O) groups is 4. The Labute approximate surface area is 119 Å². The summed E-state index contributed by atoms with van der Waals surface area (Å²) in [6, 6.07) is 6.19. The van der Waals surface area contributed by atoms with E-state index in [-0.39, 0.29) is 0 Å². The second kappa shape index (κ2) is 4.52. The van der Waals surface area contributed by atoms with E-state index < -0.39 is 23.6 Å². The van der Waals surface area contributed by atoms with Crippen LogP contribution in [0.25, 0.3) is 0 Å². The molecule has 104 valence electrons. The average Bonchev–Trinajstić information content (AvgIpc) is 2.90. The first-order chi connectivity index (χ1) is 9.99. The van der Waals surface area contributed by atoms with Gasteiger partial charge in [-0.2, -0.15) is 0 Å². The number of rotatable bonds is 2. The summed E-state index contributed by atoms with van der Waals surface area (Å²) in [6.45, 7) is 1.56. The lowest BCUT2D eigenvalue weighted by atomic mass is 10.2. The molecule has 0 saturated heterocycles. The summed E-state index contributed by atoms with van der Waals surface area (Å²) in [5, 5.41) is 0. The number of imide groups is 2. The molecule has 6 heteroatoms. The van der Waals surface area contributed by atoms with Crippen molar-refractivity contribution in [1.82, 2.24) is 0 Å². The fourth-order valence-corrected chi connectivity index (χ4v) is 2.26. The van der Waals surface area contributed by atoms with E-state index in [2.05, 4.69) is 0 Å². The molecule has 0 N–H and O–H groups in total. The van der Waals surface area contributed by atoms with Crippen molar-refractivity contribution in [2.45, 2.75) is 6.92 Å². The number of hydrogen-bond acceptors (Lipinski definition) is 4. The molecule has 21 heavy (non-hydrogen) atoms. The van der Waals surface area contributed by atoms with Gasteiger partial charge in [0, 0.05) is 23.8 Å². The number of amides is 4. The molecule has 6 nitrogen and oxygen atoms in total. The Bertz CT molecular complexity index is 743. The van der Waals surface area contributed by atoms with E-state index in [0.717, 1.165) is 9.80 Å². The van der Waals surface area contributed by atoms with Crippen LogP contribution in [0.15, 0.2) is 48.1 Å². The summed E-state index contributed by atoms with van der Waals surface area (Å²) in [4.78, 5) is 49.1. The minimum absolute atomic E-state index is 0.317. The predicted molar refractivity (Wildman–Crippen MR) is 74.3 cm³/mol. The highest BCUT2D eigenvalue weighted by Gasteiger charge is 2.31. The molecule has 1 aromatic rings. The maximum absolute atomic E-state index is 12.0. The van der Waals surface area contributed by atoms with Gasteiger partial charge >= 0.3 is 0 Å². The van der Waals surface area contributed by atoms with Gasteiger partial charge in [0.25, 0.3) is 23.6 Å². The summed E-state index contributed by atoms with van der Waals surface area (Å²) in [7, 11) is 0. The van der Waals surface area contributed by atoms with Gasteiger partial charge in [0.05, 0.1) is 11.4 Å². The monoisotopic (exact) mass is 282 g/mol. The molecule has 0 atom stereocenters. The van der Waals surface area contributed by atoms with Crippen molar-refractivity contribution in [2.24, 2.45) is 0 Å². The summed E-state index contributed by atoms with van der Waals surface area (Å²) in [5.41, 5.74) is 0.987. The van der Waals surface area contributed by atoms with Crippen LogP contribution in [0.5, 0.6) is 0 Å². The first kappa shape index (κ1) is 13.0. The zero-order chi connectivity index (χ0) is 15.1. The van der Waals surface area contributed by atoms with Crippen molar-refractivity contribution in [3.8, 4) is 0 Å². The summed E-state index contributed by atoms with van der Waals surface area (Å²) in [6.07, 6.45) is 3.60. The number of benzene rings is 1. The van der Waals surface area contributed by atoms with E-state index in [0.29, 0.717) is 16.9 Å². The van der Waals surface area contributed by atoms with E-state index in [1.165, 1.54) is 24.3 Å². The lowest BCUT2D eigenvalue weighted by Crippen LogP contribution is -2.32. The normalized spacial score (nSPS) is 18.0. The highest BCUT2D eigenvalue weighted by molar-refractivity contribution is 6.31. The molecule has 0 unspecified atom stereocenters. The van der Waals surface area contributed by atoms with Crippen molar-refractivity contribution in [3.05, 3.63) is 48.1 Å². The third-order valence-corrected chi connectivity index (χ3v) is 3.26. The van der Waals surface area contributed by atoms with E-state index in [4.69, 9.17) is 0 Å². The van der Waals surface area contributed by atoms with Gasteiger partial charge < -0.3 is 0 Å². The van der Waals surface area contributed by atoms with Crippen LogP contribution in [0.3, 0.4) is 0 Å². The molecule has 0 fully saturated rings. The molecule has 2 heterocycles. The minimum Gasteiger partial charge on any atom is -0.269 e. The quantitative estimate of drug-likeness (QED) is 0.756. The lowest BCUT2D eigenvalue weighted by Gasteiger charge is -2.18. The second-order valence-electron chi connectivity index (χ2n) is 4.67. The van der Waals surface area contributed by atoms with E-state index in [1.807, 2.05) is 0 Å². The Hall–Kier alpha value is -3.02. The van der Waals surface area contributed by atoms with Gasteiger partial charge in [0.15, 0.2) is 0 Å². The molecule has 3 rings (SSSR count). The zero-order valence-electron chi connectivity index (χ0n) is 11.1. The van der Waals surface area contributed by atoms with Crippen LogP contribution in [0.1, 0.15) is 6.92 Å². The Balaban J connectivity index is 1.99. The molecular formula is C15H10N2O4. The van der Waals surface area contributed by atoms with Crippen molar-refractivity contribution < 1.29 is 19.2 Å². The molecule has 4 amide bonds. The highest BCUT2D eigenvalue weighted by Crippen LogP contribution is 2.28. The third-order valence-electron chi connectivity index (χ3n) is 3.26. The molecule has 2 aliphatic rings. The topological polar surface area (TPSA) is 74.8 Å². The third kappa shape index (κ3) is 1.97. The van der Waals surface area contributed by atoms with Crippen LogP contribution in [0.4, 0.5) is 11.4 Å². The van der Waals surface area contributed by atoms with Crippen LogP contribution in [-0.4, -0.2) is 23.6 Å². The predicted octanol–water partition coefficient (Wildman–Crippen LogP) is 0.935. The first-order valence-electron chi connectivity index (χ1n) is 6.22. The van der Waals surface area contributed by atoms with E-state index in [9.17, 15) is 19.2 Å². The van der Waals surface area contributed by atoms with Crippen molar-refractivity contribution in [1.29, 1.82) is 0 Å². The fraction of sp³-hybridized carbons (Fsp3) is 0.0667. The van der Waals surface area contributed by atoms with E-state index in [1.54, 1.807) is 25.1 Å². The highest BCUT2D eigenvalue weighted by atomic mass is 16.2. The van der Waals surface area contributed by atoms with Gasteiger partial charge in [-0.3, -0.25) is 19.2 Å². The summed E-state index contributed by atoms with van der Waals surface area (Å²) >= 11 is 0. The largest absolute Gasteiger partial charge is 0.269 e. The minimum atomic E-state index is -0.453. The van der Waals surface area contributed by atoms with Crippen LogP contribution in [-0.2, 0) is 19.2 Å². The maximum Gasteiger partial charge on any atom is 0.261 e. The molecule has 2 aliphatic heterocycles. The summed E-state index contributed by atoms with van der Waals surface area (Å²) in [5.74, 6) is -1.75. The fourth-order valence-electron chi connectivity index (χ4n) is 2.26. The van der Waals surface area contributed by atoms with Gasteiger partial charge in [-0.15, -0.1) is 0 Å². The Morgan fingerprint density at radius 1 is 0.810 bits per heavy atom. The van der Waals surface area contributed by atoms with Gasteiger partial charge in [-0.25, -0.2) is 9.80 Å². The lowest BCUT2D eigenvalue weighted by molar-refractivity contribution is -0.121.